The van der Waals surface area contributed by atoms with Crippen molar-refractivity contribution in [2.24, 2.45) is 0 Å². The first-order valence-corrected chi connectivity index (χ1v) is 8.43. The fraction of sp³-hybridized carbons (Fsp3) is 0.412. The second-order valence-electron chi connectivity index (χ2n) is 5.84. The maximum Gasteiger partial charge on any atom is 0.225 e. The first-order valence-electron chi connectivity index (χ1n) is 8.05. The summed E-state index contributed by atoms with van der Waals surface area (Å²) >= 11 is 6.09. The molecule has 5 nitrogen and oxygen atoms in total. The van der Waals surface area contributed by atoms with Crippen LogP contribution in [0.5, 0.6) is 5.75 Å². The zero-order valence-corrected chi connectivity index (χ0v) is 14.2. The summed E-state index contributed by atoms with van der Waals surface area (Å²) < 4.78 is 19.1. The molecule has 1 aliphatic carbocycles. The lowest BCUT2D eigenvalue weighted by atomic mass is 9.96. The molecule has 128 valence electrons. The zero-order chi connectivity index (χ0) is 16.9. The second-order valence-corrected chi connectivity index (χ2v) is 6.25. The van der Waals surface area contributed by atoms with E-state index in [0.717, 1.165) is 12.8 Å². The molecule has 1 aromatic heterocycles. The van der Waals surface area contributed by atoms with Gasteiger partial charge in [-0.25, -0.2) is 9.37 Å². The molecule has 1 aliphatic rings. The molecule has 0 spiro atoms. The van der Waals surface area contributed by atoms with Crippen LogP contribution in [0, 0.1) is 5.82 Å². The molecule has 0 unspecified atom stereocenters. The third-order valence-electron chi connectivity index (χ3n) is 4.10. The Morgan fingerprint density at radius 2 is 2.04 bits per heavy atom. The van der Waals surface area contributed by atoms with Crippen molar-refractivity contribution in [1.29, 1.82) is 0 Å². The lowest BCUT2D eigenvalue weighted by Crippen LogP contribution is -2.23. The Morgan fingerprint density at radius 3 is 2.75 bits per heavy atom. The topological polar surface area (TPSA) is 59.1 Å². The predicted octanol–water partition coefficient (Wildman–Crippen LogP) is 4.77. The van der Waals surface area contributed by atoms with Crippen molar-refractivity contribution in [2.45, 2.75) is 38.1 Å². The van der Waals surface area contributed by atoms with Gasteiger partial charge in [0.1, 0.15) is 5.75 Å². The Bertz CT molecular complexity index is 707. The minimum Gasteiger partial charge on any atom is -0.495 e. The van der Waals surface area contributed by atoms with E-state index in [0.29, 0.717) is 28.4 Å². The monoisotopic (exact) mass is 350 g/mol. The first-order chi connectivity index (χ1) is 11.7. The molecular weight excluding hydrogens is 331 g/mol. The Labute approximate surface area is 145 Å². The minimum absolute atomic E-state index is 0.115. The number of ether oxygens (including phenoxy) is 1. The van der Waals surface area contributed by atoms with Gasteiger partial charge in [-0.2, -0.15) is 4.98 Å². The summed E-state index contributed by atoms with van der Waals surface area (Å²) in [7, 11) is 1.54. The standard InChI is InChI=1S/C17H20ClFN4O/c1-24-15-8-7-12(9-13(15)18)21-16-14(19)10-20-17(23-16)22-11-5-3-2-4-6-11/h7-11H,2-6H2,1H3,(H2,20,21,22,23). The minimum atomic E-state index is -0.517. The summed E-state index contributed by atoms with van der Waals surface area (Å²) in [4.78, 5) is 8.29. The van der Waals surface area contributed by atoms with E-state index in [9.17, 15) is 4.39 Å². The summed E-state index contributed by atoms with van der Waals surface area (Å²) in [5.74, 6) is 0.594. The number of halogens is 2. The average Bonchev–Trinajstić information content (AvgIpc) is 2.59. The highest BCUT2D eigenvalue weighted by molar-refractivity contribution is 6.32. The fourth-order valence-electron chi connectivity index (χ4n) is 2.83. The number of nitrogens with one attached hydrogen (secondary N) is 2. The Balaban J connectivity index is 1.74. The fourth-order valence-corrected chi connectivity index (χ4v) is 3.09. The molecule has 3 rings (SSSR count). The van der Waals surface area contributed by atoms with E-state index < -0.39 is 5.82 Å². The van der Waals surface area contributed by atoms with E-state index >= 15 is 0 Å². The van der Waals surface area contributed by atoms with E-state index in [4.69, 9.17) is 16.3 Å². The SMILES string of the molecule is COc1ccc(Nc2nc(NC3CCCCC3)ncc2F)cc1Cl. The van der Waals surface area contributed by atoms with Gasteiger partial charge in [0.15, 0.2) is 11.6 Å². The molecule has 1 saturated carbocycles. The number of hydrogen-bond donors (Lipinski definition) is 2. The Hall–Kier alpha value is -2.08. The van der Waals surface area contributed by atoms with Crippen LogP contribution < -0.4 is 15.4 Å². The molecule has 7 heteroatoms. The highest BCUT2D eigenvalue weighted by Crippen LogP contribution is 2.29. The first kappa shape index (κ1) is 16.8. The van der Waals surface area contributed by atoms with E-state index in [1.54, 1.807) is 25.3 Å². The van der Waals surface area contributed by atoms with Crippen LogP contribution in [0.3, 0.4) is 0 Å². The molecule has 0 atom stereocenters. The summed E-state index contributed by atoms with van der Waals surface area (Å²) in [6.45, 7) is 0. The number of nitrogens with zero attached hydrogens (tertiary/aromatic N) is 2. The summed E-state index contributed by atoms with van der Waals surface area (Å²) in [5.41, 5.74) is 0.627. The highest BCUT2D eigenvalue weighted by Gasteiger charge is 2.15. The van der Waals surface area contributed by atoms with Crippen molar-refractivity contribution in [1.82, 2.24) is 9.97 Å². The van der Waals surface area contributed by atoms with Crippen LogP contribution in [0.25, 0.3) is 0 Å². The van der Waals surface area contributed by atoms with E-state index in [2.05, 4.69) is 20.6 Å². The number of anilines is 3. The molecule has 1 heterocycles. The van der Waals surface area contributed by atoms with E-state index in [1.807, 2.05) is 0 Å². The van der Waals surface area contributed by atoms with Crippen molar-refractivity contribution in [3.8, 4) is 5.75 Å². The Morgan fingerprint density at radius 1 is 1.25 bits per heavy atom. The van der Waals surface area contributed by atoms with Gasteiger partial charge < -0.3 is 15.4 Å². The molecule has 0 aliphatic heterocycles. The molecule has 0 amide bonds. The highest BCUT2D eigenvalue weighted by atomic mass is 35.5. The number of aromatic nitrogens is 2. The molecule has 0 saturated heterocycles. The lowest BCUT2D eigenvalue weighted by Gasteiger charge is -2.22. The van der Waals surface area contributed by atoms with Crippen LogP contribution in [0.2, 0.25) is 5.02 Å². The van der Waals surface area contributed by atoms with Gasteiger partial charge in [0, 0.05) is 11.7 Å². The largest absolute Gasteiger partial charge is 0.495 e. The molecule has 1 aromatic carbocycles. The summed E-state index contributed by atoms with van der Waals surface area (Å²) in [6.07, 6.45) is 7.04. The van der Waals surface area contributed by atoms with Gasteiger partial charge in [-0.1, -0.05) is 30.9 Å². The van der Waals surface area contributed by atoms with Crippen LogP contribution in [0.15, 0.2) is 24.4 Å². The predicted molar refractivity (Wildman–Crippen MR) is 93.8 cm³/mol. The van der Waals surface area contributed by atoms with Crippen molar-refractivity contribution < 1.29 is 9.13 Å². The number of benzene rings is 1. The normalized spacial score (nSPS) is 15.1. The quantitative estimate of drug-likeness (QED) is 0.813. The van der Waals surface area contributed by atoms with Gasteiger partial charge in [0.2, 0.25) is 5.95 Å². The number of hydrogen-bond acceptors (Lipinski definition) is 5. The number of methoxy groups -OCH3 is 1. The van der Waals surface area contributed by atoms with Gasteiger partial charge in [0.05, 0.1) is 18.3 Å². The maximum atomic E-state index is 14.0. The molecule has 0 bridgehead atoms. The molecule has 1 fully saturated rings. The van der Waals surface area contributed by atoms with Crippen LogP contribution in [-0.4, -0.2) is 23.1 Å². The van der Waals surface area contributed by atoms with E-state index in [1.165, 1.54) is 25.5 Å². The molecule has 2 N–H and O–H groups in total. The van der Waals surface area contributed by atoms with Crippen LogP contribution in [-0.2, 0) is 0 Å². The summed E-state index contributed by atoms with van der Waals surface area (Å²) in [5, 5.41) is 6.67. The summed E-state index contributed by atoms with van der Waals surface area (Å²) in [6, 6.07) is 5.48. The molecule has 0 radical (unpaired) electrons. The van der Waals surface area contributed by atoms with E-state index in [-0.39, 0.29) is 5.82 Å². The lowest BCUT2D eigenvalue weighted by molar-refractivity contribution is 0.415. The van der Waals surface area contributed by atoms with Crippen LogP contribution in [0.1, 0.15) is 32.1 Å². The molecule has 24 heavy (non-hydrogen) atoms. The molecule has 2 aromatic rings. The van der Waals surface area contributed by atoms with Gasteiger partial charge in [-0.15, -0.1) is 0 Å². The Kier molecular flexibility index (Phi) is 5.35. The van der Waals surface area contributed by atoms with Crippen molar-refractivity contribution in [3.05, 3.63) is 35.2 Å². The smallest absolute Gasteiger partial charge is 0.225 e. The van der Waals surface area contributed by atoms with Crippen LogP contribution >= 0.6 is 11.6 Å². The second kappa shape index (κ2) is 7.66. The van der Waals surface area contributed by atoms with Crippen molar-refractivity contribution >= 4 is 29.1 Å². The zero-order valence-electron chi connectivity index (χ0n) is 13.5. The third-order valence-corrected chi connectivity index (χ3v) is 4.39. The third kappa shape index (κ3) is 4.06. The van der Waals surface area contributed by atoms with Crippen molar-refractivity contribution in [3.63, 3.8) is 0 Å². The van der Waals surface area contributed by atoms with Gasteiger partial charge >= 0.3 is 0 Å². The number of rotatable bonds is 5. The van der Waals surface area contributed by atoms with Crippen molar-refractivity contribution in [2.75, 3.05) is 17.7 Å². The maximum absolute atomic E-state index is 14.0. The van der Waals surface area contributed by atoms with Crippen LogP contribution in [0.4, 0.5) is 21.8 Å². The van der Waals surface area contributed by atoms with Gasteiger partial charge in [0.25, 0.3) is 0 Å². The molecular formula is C17H20ClFN4O. The average molecular weight is 351 g/mol. The van der Waals surface area contributed by atoms with Gasteiger partial charge in [-0.05, 0) is 31.0 Å². The van der Waals surface area contributed by atoms with Gasteiger partial charge in [-0.3, -0.25) is 0 Å².